The van der Waals surface area contributed by atoms with Crippen LogP contribution in [0.4, 0.5) is 10.8 Å². The number of hydrogen-bond acceptors (Lipinski definition) is 9. The van der Waals surface area contributed by atoms with Crippen molar-refractivity contribution in [3.63, 3.8) is 0 Å². The van der Waals surface area contributed by atoms with Gasteiger partial charge in [0.2, 0.25) is 0 Å². The van der Waals surface area contributed by atoms with Crippen LogP contribution in [0.2, 0.25) is 5.02 Å². The van der Waals surface area contributed by atoms with Crippen molar-refractivity contribution in [1.82, 2.24) is 14.9 Å². The Balaban J connectivity index is 1.38. The maximum Gasteiger partial charge on any atom is 0.266 e. The summed E-state index contributed by atoms with van der Waals surface area (Å²) in [5.74, 6) is 0.710. The lowest BCUT2D eigenvalue weighted by atomic mass is 10.1. The molecule has 0 atom stereocenters. The van der Waals surface area contributed by atoms with E-state index in [1.807, 2.05) is 6.07 Å². The number of aromatic nitrogens is 2. The molecule has 1 aliphatic rings. The summed E-state index contributed by atoms with van der Waals surface area (Å²) >= 11 is 8.92. The fourth-order valence-corrected chi connectivity index (χ4v) is 5.01. The third kappa shape index (κ3) is 6.26. The molecule has 1 aromatic carbocycles. The highest BCUT2D eigenvalue weighted by atomic mass is 35.5. The molecule has 168 valence electrons. The van der Waals surface area contributed by atoms with E-state index in [9.17, 15) is 4.79 Å². The number of nitrogen functional groups attached to an aromatic ring is 1. The van der Waals surface area contributed by atoms with Crippen molar-refractivity contribution in [2.75, 3.05) is 32.0 Å². The van der Waals surface area contributed by atoms with Gasteiger partial charge in [-0.1, -0.05) is 29.4 Å². The topological polar surface area (TPSA) is 109 Å². The van der Waals surface area contributed by atoms with Crippen molar-refractivity contribution in [3.05, 3.63) is 53.8 Å². The van der Waals surface area contributed by atoms with Gasteiger partial charge in [0, 0.05) is 18.8 Å². The summed E-state index contributed by atoms with van der Waals surface area (Å²) in [6.45, 7) is 3.84. The predicted molar refractivity (Wildman–Crippen MR) is 131 cm³/mol. The first kappa shape index (κ1) is 22.7. The molecule has 8 nitrogen and oxygen atoms in total. The second-order valence-corrected chi connectivity index (χ2v) is 9.82. The van der Waals surface area contributed by atoms with E-state index in [4.69, 9.17) is 22.1 Å². The lowest BCUT2D eigenvalue weighted by molar-refractivity contribution is 0.183. The standard InChI is InChI=1S/C21H23ClN6O2S2/c22-16-10-14(30-9-8-28-6-2-1-3-7-28)4-5-17(16)27-25-13-19-26-20(29)18(32-19)11-15-12-24-21(23)31-15/h4-5,10-13H,1-3,6-9H2,(H2,23,24)(H,26,29). The molecule has 3 aromatic rings. The van der Waals surface area contributed by atoms with Gasteiger partial charge < -0.3 is 15.5 Å². The molecule has 0 amide bonds. The molecular weight excluding hydrogens is 468 g/mol. The molecular formula is C21H23ClN6O2S2. The normalized spacial score (nSPS) is 16.3. The molecule has 2 aromatic heterocycles. The minimum Gasteiger partial charge on any atom is -0.492 e. The van der Waals surface area contributed by atoms with E-state index in [1.165, 1.54) is 48.1 Å². The Morgan fingerprint density at radius 1 is 1.28 bits per heavy atom. The average molecular weight is 491 g/mol. The van der Waals surface area contributed by atoms with Crippen LogP contribution >= 0.6 is 34.3 Å². The van der Waals surface area contributed by atoms with Crippen molar-refractivity contribution in [2.24, 2.45) is 10.2 Å². The van der Waals surface area contributed by atoms with E-state index in [2.05, 4.69) is 25.1 Å². The summed E-state index contributed by atoms with van der Waals surface area (Å²) in [7, 11) is 0. The third-order valence-corrected chi connectivity index (χ3v) is 6.91. The lowest BCUT2D eigenvalue weighted by Gasteiger charge is -2.26. The van der Waals surface area contributed by atoms with Gasteiger partial charge in [0.15, 0.2) is 5.13 Å². The van der Waals surface area contributed by atoms with Gasteiger partial charge in [-0.3, -0.25) is 9.69 Å². The van der Waals surface area contributed by atoms with Crippen LogP contribution in [0.15, 0.2) is 39.4 Å². The van der Waals surface area contributed by atoms with Crippen molar-refractivity contribution >= 4 is 57.4 Å². The summed E-state index contributed by atoms with van der Waals surface area (Å²) in [5.41, 5.74) is 5.95. The number of halogens is 1. The van der Waals surface area contributed by atoms with Gasteiger partial charge >= 0.3 is 0 Å². The number of H-pyrrole nitrogens is 1. The number of nitrogens with zero attached hydrogens (tertiary/aromatic N) is 4. The zero-order valence-electron chi connectivity index (χ0n) is 17.3. The zero-order chi connectivity index (χ0) is 22.3. The summed E-state index contributed by atoms with van der Waals surface area (Å²) in [5, 5.41) is 9.11. The van der Waals surface area contributed by atoms with Gasteiger partial charge in [-0.15, -0.1) is 16.5 Å². The molecule has 32 heavy (non-hydrogen) atoms. The summed E-state index contributed by atoms with van der Waals surface area (Å²) in [4.78, 5) is 22.1. The molecule has 1 fully saturated rings. The number of nitrogens with two attached hydrogens (primary N) is 1. The zero-order valence-corrected chi connectivity index (χ0v) is 19.7. The Hall–Kier alpha value is -2.53. The first-order chi connectivity index (χ1) is 15.6. The number of azo groups is 1. The SMILES string of the molecule is Nc1ncc(C=c2sc(=CN=Nc3ccc(OCCN4CCCCC4)cc3Cl)[nH]c2=O)s1. The largest absolute Gasteiger partial charge is 0.492 e. The van der Waals surface area contributed by atoms with Crippen LogP contribution in [0.1, 0.15) is 24.1 Å². The number of aromatic amines is 1. The summed E-state index contributed by atoms with van der Waals surface area (Å²) in [6, 6.07) is 5.34. The third-order valence-electron chi connectivity index (χ3n) is 4.88. The number of benzene rings is 1. The Labute approximate surface area is 197 Å². The Bertz CT molecular complexity index is 1260. The predicted octanol–water partition coefficient (Wildman–Crippen LogP) is 3.34. The van der Waals surface area contributed by atoms with Gasteiger partial charge in [-0.05, 0) is 44.1 Å². The van der Waals surface area contributed by atoms with Crippen LogP contribution in [-0.4, -0.2) is 41.1 Å². The van der Waals surface area contributed by atoms with Crippen LogP contribution in [0.3, 0.4) is 0 Å². The molecule has 3 heterocycles. The smallest absolute Gasteiger partial charge is 0.266 e. The van der Waals surface area contributed by atoms with Crippen LogP contribution < -0.4 is 25.2 Å². The highest BCUT2D eigenvalue weighted by Gasteiger charge is 2.10. The van der Waals surface area contributed by atoms with E-state index in [1.54, 1.807) is 24.4 Å². The maximum atomic E-state index is 12.1. The van der Waals surface area contributed by atoms with Crippen LogP contribution in [-0.2, 0) is 0 Å². The fourth-order valence-electron chi connectivity index (χ4n) is 3.29. The number of ether oxygens (including phenoxy) is 1. The van der Waals surface area contributed by atoms with Gasteiger partial charge in [-0.25, -0.2) is 4.98 Å². The number of thiazole rings is 2. The van der Waals surface area contributed by atoms with E-state index in [0.717, 1.165) is 24.5 Å². The van der Waals surface area contributed by atoms with E-state index in [-0.39, 0.29) is 5.56 Å². The Kier molecular flexibility index (Phi) is 7.69. The molecule has 0 radical (unpaired) electrons. The van der Waals surface area contributed by atoms with E-state index in [0.29, 0.717) is 37.4 Å². The number of piperidine rings is 1. The quantitative estimate of drug-likeness (QED) is 0.493. The molecule has 1 saturated heterocycles. The Morgan fingerprint density at radius 2 is 2.12 bits per heavy atom. The maximum absolute atomic E-state index is 12.1. The number of nitrogens with one attached hydrogen (secondary N) is 1. The molecule has 11 heteroatoms. The first-order valence-corrected chi connectivity index (χ1v) is 12.3. The van der Waals surface area contributed by atoms with Crippen molar-refractivity contribution in [1.29, 1.82) is 0 Å². The lowest BCUT2D eigenvalue weighted by Crippen LogP contribution is -2.33. The molecule has 0 spiro atoms. The van der Waals surface area contributed by atoms with Gasteiger partial charge in [-0.2, -0.15) is 5.11 Å². The van der Waals surface area contributed by atoms with Crippen molar-refractivity contribution in [3.8, 4) is 5.75 Å². The first-order valence-electron chi connectivity index (χ1n) is 10.2. The van der Waals surface area contributed by atoms with Crippen LogP contribution in [0.5, 0.6) is 5.75 Å². The van der Waals surface area contributed by atoms with Gasteiger partial charge in [0.05, 0.1) is 20.6 Å². The van der Waals surface area contributed by atoms with Gasteiger partial charge in [0.1, 0.15) is 22.7 Å². The molecule has 3 N–H and O–H groups in total. The number of hydrogen-bond donors (Lipinski definition) is 2. The molecule has 1 aliphatic heterocycles. The molecule has 0 saturated carbocycles. The van der Waals surface area contributed by atoms with E-state index >= 15 is 0 Å². The molecule has 0 unspecified atom stereocenters. The van der Waals surface area contributed by atoms with Gasteiger partial charge in [0.25, 0.3) is 5.56 Å². The number of likely N-dealkylation sites (tertiary alicyclic amines) is 1. The van der Waals surface area contributed by atoms with Crippen LogP contribution in [0.25, 0.3) is 12.3 Å². The number of anilines is 1. The Morgan fingerprint density at radius 3 is 2.88 bits per heavy atom. The van der Waals surface area contributed by atoms with Crippen LogP contribution in [0, 0.1) is 0 Å². The highest BCUT2D eigenvalue weighted by molar-refractivity contribution is 7.16. The minimum atomic E-state index is -0.201. The second-order valence-electron chi connectivity index (χ2n) is 7.24. The molecule has 0 aliphatic carbocycles. The number of rotatable bonds is 7. The van der Waals surface area contributed by atoms with Crippen molar-refractivity contribution in [2.45, 2.75) is 19.3 Å². The monoisotopic (exact) mass is 490 g/mol. The van der Waals surface area contributed by atoms with E-state index < -0.39 is 0 Å². The molecule has 0 bridgehead atoms. The fraction of sp³-hybridized carbons (Fsp3) is 0.333. The average Bonchev–Trinajstić information content (AvgIpc) is 3.35. The summed E-state index contributed by atoms with van der Waals surface area (Å²) in [6.07, 6.45) is 8.72. The molecule has 4 rings (SSSR count). The van der Waals surface area contributed by atoms with Crippen molar-refractivity contribution < 1.29 is 4.74 Å². The second kappa shape index (κ2) is 10.9. The summed E-state index contributed by atoms with van der Waals surface area (Å²) < 4.78 is 6.95. The highest BCUT2D eigenvalue weighted by Crippen LogP contribution is 2.29. The minimum absolute atomic E-state index is 0.201.